The van der Waals surface area contributed by atoms with Gasteiger partial charge in [0.2, 0.25) is 0 Å². The third kappa shape index (κ3) is 3.76. The molecular formula is C10H19N3OS. The van der Waals surface area contributed by atoms with Gasteiger partial charge in [0, 0.05) is 42.4 Å². The molecule has 0 aromatic carbocycles. The minimum atomic E-state index is -0.753. The van der Waals surface area contributed by atoms with Crippen LogP contribution in [-0.2, 0) is 24.4 Å². The minimum absolute atomic E-state index is 0.194. The van der Waals surface area contributed by atoms with Gasteiger partial charge in [0.05, 0.1) is 11.4 Å². The first-order valence-electron chi connectivity index (χ1n) is 5.03. The van der Waals surface area contributed by atoms with Gasteiger partial charge in [0.25, 0.3) is 0 Å². The molecule has 1 aromatic heterocycles. The van der Waals surface area contributed by atoms with Gasteiger partial charge >= 0.3 is 0 Å². The van der Waals surface area contributed by atoms with Crippen molar-refractivity contribution in [3.8, 4) is 0 Å². The molecule has 0 aliphatic rings. The normalized spacial score (nSPS) is 15.2. The molecule has 4 nitrogen and oxygen atoms in total. The highest BCUT2D eigenvalue weighted by Crippen LogP contribution is 2.01. The monoisotopic (exact) mass is 229 g/mol. The maximum absolute atomic E-state index is 11.1. The van der Waals surface area contributed by atoms with Crippen LogP contribution in [0, 0.1) is 6.92 Å². The summed E-state index contributed by atoms with van der Waals surface area (Å²) in [5, 5.41) is 7.74. The molecule has 86 valence electrons. The van der Waals surface area contributed by atoms with Crippen LogP contribution in [0.4, 0.5) is 0 Å². The van der Waals surface area contributed by atoms with Gasteiger partial charge in [-0.1, -0.05) is 0 Å². The van der Waals surface area contributed by atoms with E-state index in [1.54, 1.807) is 6.26 Å². The highest BCUT2D eigenvalue weighted by molar-refractivity contribution is 7.84. The maximum atomic E-state index is 11.1. The van der Waals surface area contributed by atoms with Crippen LogP contribution < -0.4 is 5.32 Å². The van der Waals surface area contributed by atoms with E-state index in [1.165, 1.54) is 0 Å². The molecule has 5 heteroatoms. The summed E-state index contributed by atoms with van der Waals surface area (Å²) in [5.41, 5.74) is 2.18. The third-order valence-corrected chi connectivity index (χ3v) is 3.70. The van der Waals surface area contributed by atoms with Crippen LogP contribution in [0.15, 0.2) is 6.07 Å². The number of aromatic nitrogens is 2. The second-order valence-corrected chi connectivity index (χ2v) is 5.64. The van der Waals surface area contributed by atoms with Gasteiger partial charge in [0.15, 0.2) is 0 Å². The Bertz CT molecular complexity index is 348. The van der Waals surface area contributed by atoms with Crippen molar-refractivity contribution in [2.75, 3.05) is 12.8 Å². The lowest BCUT2D eigenvalue weighted by Crippen LogP contribution is -2.27. The maximum Gasteiger partial charge on any atom is 0.0597 e. The summed E-state index contributed by atoms with van der Waals surface area (Å²) < 4.78 is 13.0. The highest BCUT2D eigenvalue weighted by atomic mass is 32.2. The number of hydrogen-bond donors (Lipinski definition) is 1. The average Bonchev–Trinajstić information content (AvgIpc) is 2.45. The summed E-state index contributed by atoms with van der Waals surface area (Å²) >= 11 is 0. The Hall–Kier alpha value is -0.680. The van der Waals surface area contributed by atoms with Crippen molar-refractivity contribution in [1.29, 1.82) is 0 Å². The number of rotatable bonds is 5. The topological polar surface area (TPSA) is 46.9 Å². The van der Waals surface area contributed by atoms with E-state index in [0.717, 1.165) is 24.5 Å². The molecular weight excluding hydrogens is 210 g/mol. The Labute approximate surface area is 93.5 Å². The molecule has 2 atom stereocenters. The van der Waals surface area contributed by atoms with Crippen LogP contribution in [0.5, 0.6) is 0 Å². The molecule has 1 aromatic rings. The Kier molecular flexibility index (Phi) is 4.47. The number of nitrogens with zero attached hydrogens (tertiary/aromatic N) is 2. The Morgan fingerprint density at radius 1 is 1.67 bits per heavy atom. The zero-order valence-corrected chi connectivity index (χ0v) is 10.6. The molecule has 0 fully saturated rings. The van der Waals surface area contributed by atoms with Crippen molar-refractivity contribution in [2.45, 2.75) is 25.6 Å². The van der Waals surface area contributed by atoms with Crippen molar-refractivity contribution in [1.82, 2.24) is 15.1 Å². The number of aryl methyl sites for hydroxylation is 2. The molecule has 0 spiro atoms. The van der Waals surface area contributed by atoms with Gasteiger partial charge in [-0.15, -0.1) is 0 Å². The Morgan fingerprint density at radius 3 is 2.80 bits per heavy atom. The van der Waals surface area contributed by atoms with Crippen molar-refractivity contribution >= 4 is 10.8 Å². The summed E-state index contributed by atoms with van der Waals surface area (Å²) in [6.45, 7) is 5.51. The van der Waals surface area contributed by atoms with E-state index in [0.29, 0.717) is 0 Å². The zero-order chi connectivity index (χ0) is 11.4. The lowest BCUT2D eigenvalue weighted by atomic mass is 10.3. The van der Waals surface area contributed by atoms with Crippen LogP contribution in [0.1, 0.15) is 18.3 Å². The van der Waals surface area contributed by atoms with Gasteiger partial charge in [-0.3, -0.25) is 8.89 Å². The lowest BCUT2D eigenvalue weighted by Gasteiger charge is -2.09. The average molecular weight is 229 g/mol. The van der Waals surface area contributed by atoms with Crippen molar-refractivity contribution in [2.24, 2.45) is 7.05 Å². The minimum Gasteiger partial charge on any atom is -0.310 e. The van der Waals surface area contributed by atoms with Gasteiger partial charge in [0.1, 0.15) is 0 Å². The molecule has 0 amide bonds. The summed E-state index contributed by atoms with van der Waals surface area (Å²) in [6, 6.07) is 2.06. The van der Waals surface area contributed by atoms with Crippen LogP contribution in [-0.4, -0.2) is 32.0 Å². The Morgan fingerprint density at radius 2 is 2.33 bits per heavy atom. The molecule has 2 unspecified atom stereocenters. The van der Waals surface area contributed by atoms with E-state index in [-0.39, 0.29) is 5.25 Å². The van der Waals surface area contributed by atoms with Crippen LogP contribution in [0.2, 0.25) is 0 Å². The molecule has 1 rings (SSSR count). The van der Waals surface area contributed by atoms with Gasteiger partial charge in [-0.25, -0.2) is 0 Å². The molecule has 0 saturated carbocycles. The largest absolute Gasteiger partial charge is 0.310 e. The SMILES string of the molecule is Cc1cc(CNCC(C)S(C)=O)n(C)n1. The summed E-state index contributed by atoms with van der Waals surface area (Å²) in [6.07, 6.45) is 1.74. The zero-order valence-electron chi connectivity index (χ0n) is 9.78. The standard InChI is InChI=1S/C10H19N3OS/c1-8-5-10(13(3)12-8)7-11-6-9(2)15(4)14/h5,9,11H,6-7H2,1-4H3. The van der Waals surface area contributed by atoms with E-state index in [9.17, 15) is 4.21 Å². The lowest BCUT2D eigenvalue weighted by molar-refractivity contribution is 0.613. The molecule has 1 heterocycles. The third-order valence-electron chi connectivity index (χ3n) is 2.40. The van der Waals surface area contributed by atoms with E-state index in [4.69, 9.17) is 0 Å². The van der Waals surface area contributed by atoms with Gasteiger partial charge in [-0.05, 0) is 19.9 Å². The fourth-order valence-electron chi connectivity index (χ4n) is 1.35. The van der Waals surface area contributed by atoms with Gasteiger partial charge in [-0.2, -0.15) is 5.10 Å². The van der Waals surface area contributed by atoms with Crippen LogP contribution in [0.3, 0.4) is 0 Å². The first-order chi connectivity index (χ1) is 7.00. The molecule has 0 radical (unpaired) electrons. The predicted octanol–water partition coefficient (Wildman–Crippen LogP) is 0.585. The molecule has 1 N–H and O–H groups in total. The van der Waals surface area contributed by atoms with E-state index < -0.39 is 10.8 Å². The van der Waals surface area contributed by atoms with Crippen molar-refractivity contribution in [3.63, 3.8) is 0 Å². The first-order valence-corrected chi connectivity index (χ1v) is 6.65. The molecule has 0 saturated heterocycles. The quantitative estimate of drug-likeness (QED) is 0.803. The molecule has 0 bridgehead atoms. The number of hydrogen-bond acceptors (Lipinski definition) is 3. The molecule has 15 heavy (non-hydrogen) atoms. The fourth-order valence-corrected chi connectivity index (χ4v) is 1.70. The summed E-state index contributed by atoms with van der Waals surface area (Å²) in [7, 11) is 1.18. The molecule has 0 aliphatic carbocycles. The second kappa shape index (κ2) is 5.42. The predicted molar refractivity (Wildman–Crippen MR) is 63.2 cm³/mol. The number of nitrogens with one attached hydrogen (secondary N) is 1. The summed E-state index contributed by atoms with van der Waals surface area (Å²) in [4.78, 5) is 0. The Balaban J connectivity index is 2.38. The van der Waals surface area contributed by atoms with Crippen molar-refractivity contribution < 1.29 is 4.21 Å². The highest BCUT2D eigenvalue weighted by Gasteiger charge is 2.06. The van der Waals surface area contributed by atoms with E-state index in [2.05, 4.69) is 16.5 Å². The fraction of sp³-hybridized carbons (Fsp3) is 0.700. The second-order valence-electron chi connectivity index (χ2n) is 3.84. The van der Waals surface area contributed by atoms with Crippen LogP contribution >= 0.6 is 0 Å². The van der Waals surface area contributed by atoms with E-state index in [1.807, 2.05) is 25.6 Å². The van der Waals surface area contributed by atoms with Crippen LogP contribution in [0.25, 0.3) is 0 Å². The van der Waals surface area contributed by atoms with Crippen molar-refractivity contribution in [3.05, 3.63) is 17.5 Å². The van der Waals surface area contributed by atoms with E-state index >= 15 is 0 Å². The molecule has 0 aliphatic heterocycles. The van der Waals surface area contributed by atoms with Gasteiger partial charge < -0.3 is 5.32 Å². The summed E-state index contributed by atoms with van der Waals surface area (Å²) in [5.74, 6) is 0. The smallest absolute Gasteiger partial charge is 0.0597 e. The first kappa shape index (κ1) is 12.4.